The van der Waals surface area contributed by atoms with Crippen LogP contribution in [0.1, 0.15) is 21.8 Å². The summed E-state index contributed by atoms with van der Waals surface area (Å²) in [6.45, 7) is 5.46. The molecule has 0 atom stereocenters. The van der Waals surface area contributed by atoms with Crippen LogP contribution in [0.25, 0.3) is 0 Å². The van der Waals surface area contributed by atoms with Crippen LogP contribution in [0.2, 0.25) is 0 Å². The number of thiazole rings is 1. The molecule has 0 N–H and O–H groups in total. The van der Waals surface area contributed by atoms with Gasteiger partial charge in [0.2, 0.25) is 0 Å². The van der Waals surface area contributed by atoms with Gasteiger partial charge in [-0.25, -0.2) is 4.98 Å². The lowest BCUT2D eigenvalue weighted by molar-refractivity contribution is 0.0772. The molecule has 20 heavy (non-hydrogen) atoms. The van der Waals surface area contributed by atoms with E-state index in [9.17, 15) is 4.79 Å². The van der Waals surface area contributed by atoms with Gasteiger partial charge in [-0.3, -0.25) is 4.79 Å². The van der Waals surface area contributed by atoms with Crippen molar-refractivity contribution in [1.29, 1.82) is 0 Å². The Morgan fingerprint density at radius 2 is 2.15 bits per heavy atom. The first-order valence-electron chi connectivity index (χ1n) is 6.74. The van der Waals surface area contributed by atoms with Crippen LogP contribution in [0.15, 0.2) is 22.9 Å². The Hall–Kier alpha value is -1.40. The fourth-order valence-corrected chi connectivity index (χ4v) is 3.90. The van der Waals surface area contributed by atoms with Crippen LogP contribution in [0.4, 0.5) is 5.13 Å². The number of amides is 1. The van der Waals surface area contributed by atoms with Crippen molar-refractivity contribution < 1.29 is 4.79 Å². The van der Waals surface area contributed by atoms with Crippen molar-refractivity contribution in [2.45, 2.75) is 13.3 Å². The highest BCUT2D eigenvalue weighted by molar-refractivity contribution is 7.13. The summed E-state index contributed by atoms with van der Waals surface area (Å²) in [4.78, 5) is 22.0. The van der Waals surface area contributed by atoms with E-state index < -0.39 is 0 Å². The molecule has 0 aromatic carbocycles. The Morgan fingerprint density at radius 3 is 2.85 bits per heavy atom. The summed E-state index contributed by atoms with van der Waals surface area (Å²) in [5, 5.41) is 5.11. The third-order valence-electron chi connectivity index (χ3n) is 3.39. The van der Waals surface area contributed by atoms with Gasteiger partial charge >= 0.3 is 0 Å². The van der Waals surface area contributed by atoms with Crippen molar-refractivity contribution in [1.82, 2.24) is 9.88 Å². The third-order valence-corrected chi connectivity index (χ3v) is 5.27. The van der Waals surface area contributed by atoms with Crippen LogP contribution in [0.5, 0.6) is 0 Å². The molecular weight excluding hydrogens is 290 g/mol. The van der Waals surface area contributed by atoms with Crippen molar-refractivity contribution in [2.24, 2.45) is 0 Å². The average Bonchev–Trinajstić information content (AvgIpc) is 3.05. The first-order valence-corrected chi connectivity index (χ1v) is 8.50. The van der Waals surface area contributed by atoms with Crippen LogP contribution >= 0.6 is 22.7 Å². The largest absolute Gasteiger partial charge is 0.346 e. The number of carbonyl (C=O) groups excluding carboxylic acids is 1. The van der Waals surface area contributed by atoms with Gasteiger partial charge in [0.1, 0.15) is 0 Å². The molecule has 0 aliphatic carbocycles. The molecular formula is C14H17N3OS2. The van der Waals surface area contributed by atoms with E-state index >= 15 is 0 Å². The van der Waals surface area contributed by atoms with Gasteiger partial charge in [0, 0.05) is 31.6 Å². The SMILES string of the molecule is Cc1csc(N2CCCN(C(=O)c3cccs3)CC2)n1. The maximum atomic E-state index is 12.4. The van der Waals surface area contributed by atoms with Gasteiger partial charge in [-0.1, -0.05) is 6.07 Å². The van der Waals surface area contributed by atoms with Gasteiger partial charge in [0.25, 0.3) is 5.91 Å². The molecule has 1 amide bonds. The molecule has 3 heterocycles. The van der Waals surface area contributed by atoms with Gasteiger partial charge in [-0.15, -0.1) is 22.7 Å². The molecule has 1 aliphatic heterocycles. The van der Waals surface area contributed by atoms with Gasteiger partial charge in [-0.2, -0.15) is 0 Å². The number of carbonyl (C=O) groups is 1. The number of rotatable bonds is 2. The highest BCUT2D eigenvalue weighted by Gasteiger charge is 2.21. The van der Waals surface area contributed by atoms with Crippen molar-refractivity contribution >= 4 is 33.7 Å². The summed E-state index contributed by atoms with van der Waals surface area (Å²) in [5.41, 5.74) is 1.07. The smallest absolute Gasteiger partial charge is 0.263 e. The van der Waals surface area contributed by atoms with Gasteiger partial charge in [0.15, 0.2) is 5.13 Å². The molecule has 0 saturated carbocycles. The standard InChI is InChI=1S/C14H17N3OS2/c1-11-10-20-14(15-11)17-6-3-5-16(7-8-17)13(18)12-4-2-9-19-12/h2,4,9-10H,3,5-8H2,1H3. The molecule has 3 rings (SSSR count). The average molecular weight is 307 g/mol. The van der Waals surface area contributed by atoms with E-state index in [1.54, 1.807) is 11.3 Å². The summed E-state index contributed by atoms with van der Waals surface area (Å²) in [5.74, 6) is 0.164. The number of hydrogen-bond donors (Lipinski definition) is 0. The molecule has 1 aliphatic rings. The van der Waals surface area contributed by atoms with E-state index in [0.29, 0.717) is 0 Å². The van der Waals surface area contributed by atoms with E-state index in [-0.39, 0.29) is 5.91 Å². The van der Waals surface area contributed by atoms with Crippen LogP contribution in [0.3, 0.4) is 0 Å². The number of aryl methyl sites for hydroxylation is 1. The zero-order valence-corrected chi connectivity index (χ0v) is 13.0. The maximum absolute atomic E-state index is 12.4. The first kappa shape index (κ1) is 13.6. The Labute approximate surface area is 126 Å². The third kappa shape index (κ3) is 2.86. The van der Waals surface area contributed by atoms with Crippen molar-refractivity contribution in [2.75, 3.05) is 31.1 Å². The number of nitrogens with zero attached hydrogens (tertiary/aromatic N) is 3. The van der Waals surface area contributed by atoms with E-state index in [0.717, 1.165) is 48.3 Å². The highest BCUT2D eigenvalue weighted by Crippen LogP contribution is 2.22. The van der Waals surface area contributed by atoms with Crippen LogP contribution in [-0.4, -0.2) is 42.0 Å². The monoisotopic (exact) mass is 307 g/mol. The summed E-state index contributed by atoms with van der Waals surface area (Å²) >= 11 is 3.20. The Balaban J connectivity index is 1.66. The van der Waals surface area contributed by atoms with Crippen molar-refractivity contribution in [3.63, 3.8) is 0 Å². The number of aromatic nitrogens is 1. The van der Waals surface area contributed by atoms with Gasteiger partial charge in [0.05, 0.1) is 10.6 Å². The quantitative estimate of drug-likeness (QED) is 0.856. The topological polar surface area (TPSA) is 36.4 Å². The second kappa shape index (κ2) is 5.93. The van der Waals surface area contributed by atoms with Crippen LogP contribution in [0, 0.1) is 6.92 Å². The van der Waals surface area contributed by atoms with Crippen molar-refractivity contribution in [3.8, 4) is 0 Å². The lowest BCUT2D eigenvalue weighted by Gasteiger charge is -2.21. The minimum Gasteiger partial charge on any atom is -0.346 e. The Morgan fingerprint density at radius 1 is 1.25 bits per heavy atom. The second-order valence-electron chi connectivity index (χ2n) is 4.88. The molecule has 0 radical (unpaired) electrons. The lowest BCUT2D eigenvalue weighted by atomic mass is 10.3. The second-order valence-corrected chi connectivity index (χ2v) is 6.67. The molecule has 0 spiro atoms. The molecule has 106 valence electrons. The predicted octanol–water partition coefficient (Wildman–Crippen LogP) is 2.87. The predicted molar refractivity (Wildman–Crippen MR) is 83.9 cm³/mol. The fourth-order valence-electron chi connectivity index (χ4n) is 2.35. The van der Waals surface area contributed by atoms with Gasteiger partial charge in [-0.05, 0) is 24.8 Å². The minimum absolute atomic E-state index is 0.164. The minimum atomic E-state index is 0.164. The molecule has 0 unspecified atom stereocenters. The van der Waals surface area contributed by atoms with E-state index in [2.05, 4.69) is 15.3 Å². The summed E-state index contributed by atoms with van der Waals surface area (Å²) in [6, 6.07) is 3.83. The van der Waals surface area contributed by atoms with Crippen LogP contribution in [-0.2, 0) is 0 Å². The molecule has 2 aromatic rings. The highest BCUT2D eigenvalue weighted by atomic mass is 32.1. The number of hydrogen-bond acceptors (Lipinski definition) is 5. The number of anilines is 1. The zero-order chi connectivity index (χ0) is 13.9. The van der Waals surface area contributed by atoms with E-state index in [1.807, 2.05) is 29.3 Å². The molecule has 0 bridgehead atoms. The Kier molecular flexibility index (Phi) is 4.03. The summed E-state index contributed by atoms with van der Waals surface area (Å²) in [6.07, 6.45) is 0.996. The molecule has 1 saturated heterocycles. The molecule has 6 heteroatoms. The molecule has 2 aromatic heterocycles. The summed E-state index contributed by atoms with van der Waals surface area (Å²) < 4.78 is 0. The first-order chi connectivity index (χ1) is 9.74. The summed E-state index contributed by atoms with van der Waals surface area (Å²) in [7, 11) is 0. The van der Waals surface area contributed by atoms with Crippen molar-refractivity contribution in [3.05, 3.63) is 33.5 Å². The van der Waals surface area contributed by atoms with E-state index in [1.165, 1.54) is 11.3 Å². The lowest BCUT2D eigenvalue weighted by Crippen LogP contribution is -2.34. The molecule has 1 fully saturated rings. The fraction of sp³-hybridized carbons (Fsp3) is 0.429. The molecule has 4 nitrogen and oxygen atoms in total. The van der Waals surface area contributed by atoms with Crippen LogP contribution < -0.4 is 4.90 Å². The Bertz CT molecular complexity index is 579. The number of thiophene rings is 1. The maximum Gasteiger partial charge on any atom is 0.263 e. The van der Waals surface area contributed by atoms with E-state index in [4.69, 9.17) is 0 Å². The van der Waals surface area contributed by atoms with Gasteiger partial charge < -0.3 is 9.80 Å². The zero-order valence-electron chi connectivity index (χ0n) is 11.4. The normalized spacial score (nSPS) is 16.2.